The van der Waals surface area contributed by atoms with Crippen LogP contribution in [0.5, 0.6) is 0 Å². The number of carbonyl (C=O) groups is 2. The van der Waals surface area contributed by atoms with Gasteiger partial charge in [-0.3, -0.25) is 24.2 Å². The van der Waals surface area contributed by atoms with Crippen LogP contribution in [0, 0.1) is 0 Å². The maximum absolute atomic E-state index is 13.3. The summed E-state index contributed by atoms with van der Waals surface area (Å²) in [6, 6.07) is 14.5. The average molecular weight is 468 g/mol. The van der Waals surface area contributed by atoms with E-state index in [0.29, 0.717) is 30.2 Å². The van der Waals surface area contributed by atoms with E-state index in [1.807, 2.05) is 38.1 Å². The van der Waals surface area contributed by atoms with Crippen molar-refractivity contribution in [3.8, 4) is 0 Å². The summed E-state index contributed by atoms with van der Waals surface area (Å²) in [6.45, 7) is 4.80. The van der Waals surface area contributed by atoms with Crippen LogP contribution in [0.25, 0.3) is 0 Å². The largest absolute Gasteiger partial charge is 0.348 e. The molecule has 35 heavy (non-hydrogen) atoms. The zero-order chi connectivity index (χ0) is 24.4. The van der Waals surface area contributed by atoms with Crippen LogP contribution in [0.3, 0.4) is 0 Å². The molecular weight excluding hydrogens is 442 g/mol. The third-order valence-electron chi connectivity index (χ3n) is 5.99. The fourth-order valence-electron chi connectivity index (χ4n) is 4.12. The fourth-order valence-corrected chi connectivity index (χ4v) is 4.12. The van der Waals surface area contributed by atoms with Crippen molar-refractivity contribution in [2.45, 2.75) is 32.4 Å². The topological polar surface area (TPSA) is 106 Å². The molecule has 0 bridgehead atoms. The number of carbonyl (C=O) groups excluding carboxylic acids is 2. The minimum atomic E-state index is -0.260. The predicted octanol–water partition coefficient (Wildman–Crippen LogP) is 3.37. The molecule has 0 saturated carbocycles. The molecule has 0 aliphatic carbocycles. The number of anilines is 1. The molecule has 0 radical (unpaired) electrons. The summed E-state index contributed by atoms with van der Waals surface area (Å²) in [6.07, 6.45) is 6.71. The van der Waals surface area contributed by atoms with Gasteiger partial charge in [-0.25, -0.2) is 4.98 Å². The van der Waals surface area contributed by atoms with Gasteiger partial charge in [-0.15, -0.1) is 0 Å². The van der Waals surface area contributed by atoms with Crippen molar-refractivity contribution in [1.29, 1.82) is 0 Å². The number of hydrogen-bond acceptors (Lipinski definition) is 6. The summed E-state index contributed by atoms with van der Waals surface area (Å²) in [5.41, 5.74) is 3.35. The quantitative estimate of drug-likeness (QED) is 0.466. The second-order valence-electron chi connectivity index (χ2n) is 8.68. The van der Waals surface area contributed by atoms with Gasteiger partial charge in [0.2, 0.25) is 0 Å². The van der Waals surface area contributed by atoms with E-state index in [9.17, 15) is 9.59 Å². The molecule has 1 N–H and O–H groups in total. The molecule has 1 aliphatic rings. The first-order valence-corrected chi connectivity index (χ1v) is 11.5. The molecule has 5 rings (SSSR count). The minimum Gasteiger partial charge on any atom is -0.348 e. The van der Waals surface area contributed by atoms with Crippen molar-refractivity contribution in [2.75, 3.05) is 11.4 Å². The second kappa shape index (κ2) is 9.46. The Bertz CT molecular complexity index is 1350. The fraction of sp³-hybridized carbons (Fsp3) is 0.231. The number of nitrogens with zero attached hydrogens (tertiary/aromatic N) is 6. The Balaban J connectivity index is 1.47. The maximum atomic E-state index is 13.3. The van der Waals surface area contributed by atoms with Crippen LogP contribution in [-0.4, -0.2) is 43.1 Å². The molecule has 9 nitrogen and oxygen atoms in total. The van der Waals surface area contributed by atoms with Crippen molar-refractivity contribution in [3.05, 3.63) is 102 Å². The Hall–Kier alpha value is -4.40. The van der Waals surface area contributed by atoms with E-state index in [1.54, 1.807) is 58.8 Å². The number of benzene rings is 1. The molecule has 4 heterocycles. The van der Waals surface area contributed by atoms with E-state index in [0.717, 1.165) is 16.8 Å². The molecule has 3 aromatic heterocycles. The van der Waals surface area contributed by atoms with Gasteiger partial charge in [0.1, 0.15) is 12.0 Å². The van der Waals surface area contributed by atoms with Crippen LogP contribution < -0.4 is 10.2 Å². The molecule has 0 fully saturated rings. The second-order valence-corrected chi connectivity index (χ2v) is 8.68. The maximum Gasteiger partial charge on any atom is 0.276 e. The van der Waals surface area contributed by atoms with Crippen LogP contribution in [0.4, 0.5) is 5.69 Å². The van der Waals surface area contributed by atoms with Gasteiger partial charge < -0.3 is 10.2 Å². The van der Waals surface area contributed by atoms with E-state index in [1.165, 1.54) is 0 Å². The van der Waals surface area contributed by atoms with E-state index in [2.05, 4.69) is 25.4 Å². The summed E-state index contributed by atoms with van der Waals surface area (Å²) >= 11 is 0. The molecule has 0 unspecified atom stereocenters. The normalized spacial score (nSPS) is 14.7. The highest BCUT2D eigenvalue weighted by Gasteiger charge is 2.37. The first kappa shape index (κ1) is 22.4. The van der Waals surface area contributed by atoms with Gasteiger partial charge in [0, 0.05) is 49.0 Å². The zero-order valence-electron chi connectivity index (χ0n) is 19.5. The molecule has 2 amide bonds. The molecule has 4 aromatic rings. The Kier molecular flexibility index (Phi) is 6.05. The number of hydrogen-bond donors (Lipinski definition) is 1. The highest BCUT2D eigenvalue weighted by molar-refractivity contribution is 6.07. The smallest absolute Gasteiger partial charge is 0.276 e. The Morgan fingerprint density at radius 2 is 1.97 bits per heavy atom. The van der Waals surface area contributed by atoms with Gasteiger partial charge in [0.25, 0.3) is 11.8 Å². The van der Waals surface area contributed by atoms with Gasteiger partial charge >= 0.3 is 0 Å². The number of aromatic nitrogens is 5. The van der Waals surface area contributed by atoms with Crippen LogP contribution >= 0.6 is 0 Å². The van der Waals surface area contributed by atoms with Crippen molar-refractivity contribution in [1.82, 2.24) is 30.0 Å². The highest BCUT2D eigenvalue weighted by atomic mass is 16.2. The van der Waals surface area contributed by atoms with Crippen LogP contribution in [0.1, 0.15) is 63.6 Å². The van der Waals surface area contributed by atoms with E-state index < -0.39 is 0 Å². The third kappa shape index (κ3) is 4.52. The summed E-state index contributed by atoms with van der Waals surface area (Å²) in [5.74, 6) is -0.0510. The molecule has 176 valence electrons. The Labute approximate surface area is 202 Å². The van der Waals surface area contributed by atoms with Gasteiger partial charge in [-0.1, -0.05) is 12.1 Å². The van der Waals surface area contributed by atoms with Gasteiger partial charge in [-0.05, 0) is 61.4 Å². The van der Waals surface area contributed by atoms with Crippen LogP contribution in [0.2, 0.25) is 0 Å². The van der Waals surface area contributed by atoms with Crippen molar-refractivity contribution >= 4 is 17.5 Å². The monoisotopic (exact) mass is 467 g/mol. The van der Waals surface area contributed by atoms with E-state index in [4.69, 9.17) is 0 Å². The minimum absolute atomic E-state index is 0.160. The lowest BCUT2D eigenvalue weighted by Crippen LogP contribution is -2.30. The van der Waals surface area contributed by atoms with Gasteiger partial charge in [0.05, 0.1) is 5.92 Å². The first-order valence-electron chi connectivity index (χ1n) is 11.5. The summed E-state index contributed by atoms with van der Waals surface area (Å²) in [5, 5.41) is 7.59. The average Bonchev–Trinajstić information content (AvgIpc) is 3.53. The predicted molar refractivity (Wildman–Crippen MR) is 130 cm³/mol. The van der Waals surface area contributed by atoms with E-state index >= 15 is 0 Å². The lowest BCUT2D eigenvalue weighted by molar-refractivity contribution is 0.0949. The van der Waals surface area contributed by atoms with E-state index in [-0.39, 0.29) is 23.8 Å². The number of nitrogens with one attached hydrogen (secondary N) is 1. The summed E-state index contributed by atoms with van der Waals surface area (Å²) in [7, 11) is 0. The first-order chi connectivity index (χ1) is 17.0. The van der Waals surface area contributed by atoms with Crippen LogP contribution in [-0.2, 0) is 6.54 Å². The lowest BCUT2D eigenvalue weighted by atomic mass is 9.98. The van der Waals surface area contributed by atoms with Gasteiger partial charge in [0.15, 0.2) is 5.82 Å². The number of amides is 2. The third-order valence-corrected chi connectivity index (χ3v) is 5.99. The Morgan fingerprint density at radius 1 is 1.09 bits per heavy atom. The number of fused-ring (bicyclic) bond motifs is 1. The summed E-state index contributed by atoms with van der Waals surface area (Å²) in [4.78, 5) is 40.8. The standard InChI is InChI=1S/C26H25N7O2/c1-17(2)33-16-30-24(31-33)21-15-32(26(35)22-7-3-4-11-28-22)23-9-8-19(12-20(21)23)25(34)29-14-18-6-5-10-27-13-18/h3-13,16-17,21H,14-15H2,1-2H3,(H,29,34)/t21-/m0/s1. The number of pyridine rings is 2. The molecule has 0 saturated heterocycles. The van der Waals surface area contributed by atoms with Crippen molar-refractivity contribution in [3.63, 3.8) is 0 Å². The van der Waals surface area contributed by atoms with Crippen LogP contribution in [0.15, 0.2) is 73.4 Å². The summed E-state index contributed by atoms with van der Waals surface area (Å²) < 4.78 is 1.79. The molecule has 1 aromatic carbocycles. The van der Waals surface area contributed by atoms with Crippen molar-refractivity contribution < 1.29 is 9.59 Å². The highest BCUT2D eigenvalue weighted by Crippen LogP contribution is 2.40. The molecule has 9 heteroatoms. The molecule has 0 spiro atoms. The molecular formula is C26H25N7O2. The zero-order valence-corrected chi connectivity index (χ0v) is 19.5. The van der Waals surface area contributed by atoms with Crippen molar-refractivity contribution in [2.24, 2.45) is 0 Å². The molecule has 1 atom stereocenters. The SMILES string of the molecule is CC(C)n1cnc([C@H]2CN(C(=O)c3ccccn3)c3ccc(C(=O)NCc4cccnc4)cc32)n1. The lowest BCUT2D eigenvalue weighted by Gasteiger charge is -2.17. The van der Waals surface area contributed by atoms with Gasteiger partial charge in [-0.2, -0.15) is 5.10 Å². The Morgan fingerprint density at radius 3 is 2.69 bits per heavy atom. The molecule has 1 aliphatic heterocycles. The number of rotatable bonds is 6.